The fraction of sp³-hybridized carbons (Fsp3) is 0.333. The number of hydrogen-bond donors (Lipinski definition) is 1. The summed E-state index contributed by atoms with van der Waals surface area (Å²) in [5, 5.41) is 2.83. The van der Waals surface area contributed by atoms with E-state index in [4.69, 9.17) is 6.42 Å². The molecular formula is C12H14N2O. The Balaban J connectivity index is 2.92. The van der Waals surface area contributed by atoms with E-state index in [0.29, 0.717) is 5.69 Å². The molecule has 78 valence electrons. The van der Waals surface area contributed by atoms with Crippen LogP contribution in [-0.4, -0.2) is 10.9 Å². The van der Waals surface area contributed by atoms with Crippen molar-refractivity contribution in [3.05, 3.63) is 29.6 Å². The highest BCUT2D eigenvalue weighted by Crippen LogP contribution is 2.14. The normalized spacial score (nSPS) is 11.5. The van der Waals surface area contributed by atoms with E-state index in [1.54, 1.807) is 6.07 Å². The van der Waals surface area contributed by atoms with Gasteiger partial charge in [0.05, 0.1) is 11.7 Å². The van der Waals surface area contributed by atoms with E-state index in [1.807, 2.05) is 19.1 Å². The van der Waals surface area contributed by atoms with Gasteiger partial charge in [-0.15, -0.1) is 6.42 Å². The number of aromatic nitrogens is 1. The molecule has 1 heterocycles. The monoisotopic (exact) mass is 202 g/mol. The predicted molar refractivity (Wildman–Crippen MR) is 59.0 cm³/mol. The second kappa shape index (κ2) is 5.16. The third kappa shape index (κ3) is 3.10. The Labute approximate surface area is 89.9 Å². The second-order valence-electron chi connectivity index (χ2n) is 3.25. The van der Waals surface area contributed by atoms with Crippen LogP contribution in [0, 0.1) is 12.3 Å². The summed E-state index contributed by atoms with van der Waals surface area (Å²) in [6.45, 7) is 3.48. The molecule has 0 saturated carbocycles. The molecule has 1 N–H and O–H groups in total. The van der Waals surface area contributed by atoms with Crippen LogP contribution in [0.15, 0.2) is 18.2 Å². The van der Waals surface area contributed by atoms with E-state index >= 15 is 0 Å². The van der Waals surface area contributed by atoms with Crippen molar-refractivity contribution in [3.8, 4) is 12.3 Å². The largest absolute Gasteiger partial charge is 0.348 e. The highest BCUT2D eigenvalue weighted by atomic mass is 16.1. The maximum absolute atomic E-state index is 11.0. The van der Waals surface area contributed by atoms with Gasteiger partial charge in [-0.3, -0.25) is 4.79 Å². The lowest BCUT2D eigenvalue weighted by Crippen LogP contribution is -2.26. The molecule has 1 amide bonds. The van der Waals surface area contributed by atoms with Crippen LogP contribution in [0.4, 0.5) is 0 Å². The number of rotatable bonds is 3. The van der Waals surface area contributed by atoms with E-state index in [9.17, 15) is 4.79 Å². The summed E-state index contributed by atoms with van der Waals surface area (Å²) in [7, 11) is 0. The summed E-state index contributed by atoms with van der Waals surface area (Å²) in [5.74, 6) is 2.42. The Morgan fingerprint density at radius 2 is 2.40 bits per heavy atom. The van der Waals surface area contributed by atoms with Crippen molar-refractivity contribution in [2.24, 2.45) is 0 Å². The van der Waals surface area contributed by atoms with Crippen molar-refractivity contribution in [3.63, 3.8) is 0 Å². The lowest BCUT2D eigenvalue weighted by molar-refractivity contribution is -0.119. The standard InChI is InChI=1S/C12H14N2O/c1-4-10-7-6-8-12(14-10)11(5-2)13-9(3)15/h1,6-8,11H,5H2,2-3H3,(H,13,15). The molecule has 1 aromatic rings. The Hall–Kier alpha value is -1.82. The molecule has 0 saturated heterocycles. The van der Waals surface area contributed by atoms with Crippen LogP contribution in [0.1, 0.15) is 37.7 Å². The Bertz CT molecular complexity index is 393. The number of pyridine rings is 1. The van der Waals surface area contributed by atoms with Gasteiger partial charge in [-0.2, -0.15) is 0 Å². The van der Waals surface area contributed by atoms with Gasteiger partial charge in [-0.25, -0.2) is 4.98 Å². The number of carbonyl (C=O) groups excluding carboxylic acids is 1. The second-order valence-corrected chi connectivity index (χ2v) is 3.25. The van der Waals surface area contributed by atoms with Crippen molar-refractivity contribution in [1.82, 2.24) is 10.3 Å². The van der Waals surface area contributed by atoms with Crippen molar-refractivity contribution in [2.45, 2.75) is 26.3 Å². The van der Waals surface area contributed by atoms with Gasteiger partial charge in [-0.05, 0) is 18.6 Å². The van der Waals surface area contributed by atoms with Crippen molar-refractivity contribution >= 4 is 5.91 Å². The molecule has 0 spiro atoms. The van der Waals surface area contributed by atoms with Gasteiger partial charge in [-0.1, -0.05) is 18.9 Å². The molecule has 15 heavy (non-hydrogen) atoms. The molecule has 0 aliphatic rings. The number of amides is 1. The zero-order valence-electron chi connectivity index (χ0n) is 8.95. The smallest absolute Gasteiger partial charge is 0.217 e. The molecule has 3 nitrogen and oxygen atoms in total. The van der Waals surface area contributed by atoms with Gasteiger partial charge >= 0.3 is 0 Å². The lowest BCUT2D eigenvalue weighted by Gasteiger charge is -2.15. The van der Waals surface area contributed by atoms with Gasteiger partial charge < -0.3 is 5.32 Å². The highest BCUT2D eigenvalue weighted by molar-refractivity contribution is 5.73. The zero-order chi connectivity index (χ0) is 11.3. The number of hydrogen-bond acceptors (Lipinski definition) is 2. The summed E-state index contributed by atoms with van der Waals surface area (Å²) in [6, 6.07) is 5.42. The van der Waals surface area contributed by atoms with E-state index in [1.165, 1.54) is 6.92 Å². The molecule has 3 heteroatoms. The van der Waals surface area contributed by atoms with Gasteiger partial charge in [0.15, 0.2) is 0 Å². The summed E-state index contributed by atoms with van der Waals surface area (Å²) in [6.07, 6.45) is 6.05. The third-order valence-electron chi connectivity index (χ3n) is 2.06. The quantitative estimate of drug-likeness (QED) is 0.757. The number of nitrogens with one attached hydrogen (secondary N) is 1. The maximum atomic E-state index is 11.0. The van der Waals surface area contributed by atoms with Gasteiger partial charge in [0.25, 0.3) is 0 Å². The molecule has 0 fully saturated rings. The fourth-order valence-electron chi connectivity index (χ4n) is 1.36. The molecule has 0 radical (unpaired) electrons. The molecule has 1 unspecified atom stereocenters. The Morgan fingerprint density at radius 1 is 1.67 bits per heavy atom. The average molecular weight is 202 g/mol. The Morgan fingerprint density at radius 3 is 2.93 bits per heavy atom. The van der Waals surface area contributed by atoms with Crippen molar-refractivity contribution < 1.29 is 4.79 Å². The molecule has 0 aliphatic carbocycles. The van der Waals surface area contributed by atoms with E-state index in [2.05, 4.69) is 16.2 Å². The lowest BCUT2D eigenvalue weighted by atomic mass is 10.1. The summed E-state index contributed by atoms with van der Waals surface area (Å²) >= 11 is 0. The molecule has 1 aromatic heterocycles. The molecule has 1 atom stereocenters. The van der Waals surface area contributed by atoms with E-state index in [0.717, 1.165) is 12.1 Å². The first-order valence-corrected chi connectivity index (χ1v) is 4.88. The van der Waals surface area contributed by atoms with Crippen LogP contribution in [0.3, 0.4) is 0 Å². The Kier molecular flexibility index (Phi) is 3.87. The summed E-state index contributed by atoms with van der Waals surface area (Å²) in [4.78, 5) is 15.2. The molecule has 0 bridgehead atoms. The highest BCUT2D eigenvalue weighted by Gasteiger charge is 2.11. The first kappa shape index (κ1) is 11.3. The minimum Gasteiger partial charge on any atom is -0.348 e. The minimum atomic E-state index is -0.0604. The molecule has 1 rings (SSSR count). The van der Waals surface area contributed by atoms with Crippen LogP contribution >= 0.6 is 0 Å². The topological polar surface area (TPSA) is 42.0 Å². The van der Waals surface area contributed by atoms with E-state index in [-0.39, 0.29) is 11.9 Å². The average Bonchev–Trinajstić information content (AvgIpc) is 2.25. The van der Waals surface area contributed by atoms with Crippen molar-refractivity contribution in [1.29, 1.82) is 0 Å². The van der Waals surface area contributed by atoms with Crippen LogP contribution < -0.4 is 5.32 Å². The van der Waals surface area contributed by atoms with Crippen LogP contribution in [0.5, 0.6) is 0 Å². The predicted octanol–water partition coefficient (Wildman–Crippen LogP) is 1.65. The summed E-state index contributed by atoms with van der Waals surface area (Å²) in [5.41, 5.74) is 1.40. The molecular weight excluding hydrogens is 188 g/mol. The van der Waals surface area contributed by atoms with Crippen molar-refractivity contribution in [2.75, 3.05) is 0 Å². The summed E-state index contributed by atoms with van der Waals surface area (Å²) < 4.78 is 0. The first-order chi connectivity index (χ1) is 7.17. The van der Waals surface area contributed by atoms with Crippen LogP contribution in [0.25, 0.3) is 0 Å². The number of carbonyl (C=O) groups is 1. The van der Waals surface area contributed by atoms with Crippen LogP contribution in [-0.2, 0) is 4.79 Å². The number of nitrogens with zero attached hydrogens (tertiary/aromatic N) is 1. The fourth-order valence-corrected chi connectivity index (χ4v) is 1.36. The first-order valence-electron chi connectivity index (χ1n) is 4.88. The van der Waals surface area contributed by atoms with Gasteiger partial charge in [0.2, 0.25) is 5.91 Å². The SMILES string of the molecule is C#Cc1cccc(C(CC)NC(C)=O)n1. The maximum Gasteiger partial charge on any atom is 0.217 e. The van der Waals surface area contributed by atoms with Gasteiger partial charge in [0.1, 0.15) is 5.69 Å². The number of terminal acetylenes is 1. The van der Waals surface area contributed by atoms with E-state index < -0.39 is 0 Å². The molecule has 0 aliphatic heterocycles. The third-order valence-corrected chi connectivity index (χ3v) is 2.06. The zero-order valence-corrected chi connectivity index (χ0v) is 8.95. The minimum absolute atomic E-state index is 0.0594. The van der Waals surface area contributed by atoms with Crippen LogP contribution in [0.2, 0.25) is 0 Å². The van der Waals surface area contributed by atoms with Gasteiger partial charge in [0, 0.05) is 6.92 Å². The molecule has 0 aromatic carbocycles.